The molecule has 3 aromatic rings. The summed E-state index contributed by atoms with van der Waals surface area (Å²) in [6, 6.07) is 8.21. The number of aromatic nitrogens is 3. The number of amides is 1. The fourth-order valence-corrected chi connectivity index (χ4v) is 4.32. The highest BCUT2D eigenvalue weighted by Gasteiger charge is 2.45. The van der Waals surface area contributed by atoms with Gasteiger partial charge in [0.2, 0.25) is 11.8 Å². The quantitative estimate of drug-likeness (QED) is 0.606. The van der Waals surface area contributed by atoms with Crippen molar-refractivity contribution < 1.29 is 9.53 Å². The van der Waals surface area contributed by atoms with Gasteiger partial charge in [0.05, 0.1) is 18.0 Å². The minimum absolute atomic E-state index is 0.0717. The minimum atomic E-state index is -0.198. The minimum Gasteiger partial charge on any atom is -0.479 e. The van der Waals surface area contributed by atoms with Gasteiger partial charge in [0.25, 0.3) is 0 Å². The summed E-state index contributed by atoms with van der Waals surface area (Å²) in [6.45, 7) is 4.04. The number of halogens is 1. The molecule has 1 aliphatic carbocycles. The Bertz CT molecular complexity index is 1080. The predicted octanol–water partition coefficient (Wildman–Crippen LogP) is 4.09. The van der Waals surface area contributed by atoms with Crippen molar-refractivity contribution in [2.45, 2.75) is 45.1 Å². The Balaban J connectivity index is 1.51. The van der Waals surface area contributed by atoms with Crippen LogP contribution in [0, 0.1) is 13.8 Å². The molecule has 0 atom stereocenters. The van der Waals surface area contributed by atoms with E-state index in [0.29, 0.717) is 18.7 Å². The number of carbonyl (C=O) groups is 1. The Labute approximate surface area is 178 Å². The molecule has 1 N–H and O–H groups in total. The molecule has 0 unspecified atom stereocenters. The molecular formula is C22H25BrN4O2. The van der Waals surface area contributed by atoms with Gasteiger partial charge in [-0.2, -0.15) is 0 Å². The van der Waals surface area contributed by atoms with Crippen LogP contribution in [0.25, 0.3) is 11.0 Å². The summed E-state index contributed by atoms with van der Waals surface area (Å²) in [5.41, 5.74) is 4.88. The highest BCUT2D eigenvalue weighted by Crippen LogP contribution is 2.45. The number of aryl methyl sites for hydroxylation is 3. The van der Waals surface area contributed by atoms with Crippen LogP contribution in [0.1, 0.15) is 41.6 Å². The van der Waals surface area contributed by atoms with Gasteiger partial charge >= 0.3 is 0 Å². The summed E-state index contributed by atoms with van der Waals surface area (Å²) in [5.74, 6) is 0.646. The second kappa shape index (κ2) is 7.44. The van der Waals surface area contributed by atoms with E-state index in [1.54, 1.807) is 11.8 Å². The molecule has 7 heteroatoms. The number of ether oxygens (including phenoxy) is 1. The van der Waals surface area contributed by atoms with Gasteiger partial charge in [0.15, 0.2) is 5.65 Å². The molecule has 0 aliphatic heterocycles. The lowest BCUT2D eigenvalue weighted by Crippen LogP contribution is -2.35. The molecule has 152 valence electrons. The van der Waals surface area contributed by atoms with Gasteiger partial charge < -0.3 is 10.1 Å². The van der Waals surface area contributed by atoms with Crippen molar-refractivity contribution in [1.82, 2.24) is 20.1 Å². The Kier molecular flexibility index (Phi) is 5.11. The monoisotopic (exact) mass is 456 g/mol. The van der Waals surface area contributed by atoms with Crippen LogP contribution in [0.15, 0.2) is 28.7 Å². The molecule has 29 heavy (non-hydrogen) atoms. The van der Waals surface area contributed by atoms with E-state index in [1.165, 1.54) is 5.56 Å². The molecule has 1 aromatic carbocycles. The van der Waals surface area contributed by atoms with E-state index in [-0.39, 0.29) is 11.4 Å². The lowest BCUT2D eigenvalue weighted by molar-refractivity contribution is -0.122. The molecule has 6 nitrogen and oxygen atoms in total. The van der Waals surface area contributed by atoms with E-state index in [4.69, 9.17) is 9.72 Å². The second-order valence-electron chi connectivity index (χ2n) is 7.77. The smallest absolute Gasteiger partial charge is 0.242 e. The van der Waals surface area contributed by atoms with E-state index in [2.05, 4.69) is 45.4 Å². The molecule has 0 bridgehead atoms. The van der Waals surface area contributed by atoms with Crippen molar-refractivity contribution in [3.63, 3.8) is 0 Å². The van der Waals surface area contributed by atoms with Crippen LogP contribution in [-0.4, -0.2) is 27.8 Å². The molecule has 1 amide bonds. The average molecular weight is 457 g/mol. The Morgan fingerprint density at radius 2 is 1.97 bits per heavy atom. The summed E-state index contributed by atoms with van der Waals surface area (Å²) >= 11 is 3.47. The molecule has 2 aromatic heterocycles. The third-order valence-electron chi connectivity index (χ3n) is 5.84. The maximum Gasteiger partial charge on any atom is 0.242 e. The summed E-state index contributed by atoms with van der Waals surface area (Å²) in [7, 11) is 3.48. The summed E-state index contributed by atoms with van der Waals surface area (Å²) in [5, 5.41) is 8.57. The van der Waals surface area contributed by atoms with Gasteiger partial charge in [-0.05, 0) is 61.9 Å². The van der Waals surface area contributed by atoms with Crippen LogP contribution in [-0.2, 0) is 23.8 Å². The van der Waals surface area contributed by atoms with Crippen molar-refractivity contribution in [1.29, 1.82) is 0 Å². The van der Waals surface area contributed by atoms with Crippen LogP contribution >= 0.6 is 15.9 Å². The number of carbonyl (C=O) groups excluding carboxylic acids is 1. The Morgan fingerprint density at radius 3 is 2.59 bits per heavy atom. The van der Waals surface area contributed by atoms with Crippen LogP contribution < -0.4 is 10.1 Å². The number of methoxy groups -OCH3 is 1. The molecule has 1 saturated carbocycles. The third-order valence-corrected chi connectivity index (χ3v) is 6.37. The van der Waals surface area contributed by atoms with E-state index >= 15 is 0 Å². The van der Waals surface area contributed by atoms with E-state index < -0.39 is 0 Å². The summed E-state index contributed by atoms with van der Waals surface area (Å²) in [4.78, 5) is 17.5. The number of pyridine rings is 1. The van der Waals surface area contributed by atoms with Gasteiger partial charge in [-0.1, -0.05) is 28.1 Å². The number of nitrogens with zero attached hydrogens (tertiary/aromatic N) is 3. The maximum absolute atomic E-state index is 12.7. The largest absolute Gasteiger partial charge is 0.479 e. The number of hydrogen-bond donors (Lipinski definition) is 1. The van der Waals surface area contributed by atoms with E-state index in [1.807, 2.05) is 26.1 Å². The van der Waals surface area contributed by atoms with Gasteiger partial charge in [0.1, 0.15) is 0 Å². The standard InChI is InChI=1S/C22H25BrN4O2/c1-13-17(14(2)24-20-19(13)21(29-4)26-27(20)3)9-10-18(28)25-22(11-12-22)15-5-7-16(23)8-6-15/h5-8H,9-12H2,1-4H3,(H,25,28). The van der Waals surface area contributed by atoms with Gasteiger partial charge in [-0.15, -0.1) is 5.10 Å². The molecule has 1 aliphatic rings. The van der Waals surface area contributed by atoms with Crippen LogP contribution in [0.2, 0.25) is 0 Å². The van der Waals surface area contributed by atoms with Gasteiger partial charge in [-0.3, -0.25) is 4.79 Å². The van der Waals surface area contributed by atoms with Gasteiger partial charge in [0, 0.05) is 23.6 Å². The van der Waals surface area contributed by atoms with Crippen molar-refractivity contribution in [3.05, 3.63) is 51.1 Å². The highest BCUT2D eigenvalue weighted by molar-refractivity contribution is 9.10. The molecule has 4 rings (SSSR count). The zero-order valence-corrected chi connectivity index (χ0v) is 18.8. The molecular weight excluding hydrogens is 432 g/mol. The van der Waals surface area contributed by atoms with E-state index in [0.717, 1.165) is 45.2 Å². The topological polar surface area (TPSA) is 69.0 Å². The number of benzene rings is 1. The Morgan fingerprint density at radius 1 is 1.28 bits per heavy atom. The first-order valence-electron chi connectivity index (χ1n) is 9.78. The number of nitrogens with one attached hydrogen (secondary N) is 1. The fourth-order valence-electron chi connectivity index (χ4n) is 4.05. The Hall–Kier alpha value is -2.41. The first-order chi connectivity index (χ1) is 13.8. The summed E-state index contributed by atoms with van der Waals surface area (Å²) in [6.07, 6.45) is 3.04. The lowest BCUT2D eigenvalue weighted by atomic mass is 9.99. The number of fused-ring (bicyclic) bond motifs is 1. The van der Waals surface area contributed by atoms with Crippen molar-refractivity contribution >= 4 is 32.9 Å². The predicted molar refractivity (Wildman–Crippen MR) is 116 cm³/mol. The average Bonchev–Trinajstić information content (AvgIpc) is 3.39. The molecule has 2 heterocycles. The third kappa shape index (κ3) is 3.64. The number of rotatable bonds is 6. The lowest BCUT2D eigenvalue weighted by Gasteiger charge is -2.18. The molecule has 0 saturated heterocycles. The van der Waals surface area contributed by atoms with Crippen molar-refractivity contribution in [3.8, 4) is 5.88 Å². The maximum atomic E-state index is 12.7. The zero-order valence-electron chi connectivity index (χ0n) is 17.2. The van der Waals surface area contributed by atoms with Crippen LogP contribution in [0.5, 0.6) is 5.88 Å². The zero-order chi connectivity index (χ0) is 20.8. The fraction of sp³-hybridized carbons (Fsp3) is 0.409. The summed E-state index contributed by atoms with van der Waals surface area (Å²) < 4.78 is 8.21. The first-order valence-corrected chi connectivity index (χ1v) is 10.6. The van der Waals surface area contributed by atoms with Crippen molar-refractivity contribution in [2.24, 2.45) is 7.05 Å². The normalized spacial score (nSPS) is 14.8. The number of hydrogen-bond acceptors (Lipinski definition) is 4. The highest BCUT2D eigenvalue weighted by atomic mass is 79.9. The molecule has 0 spiro atoms. The SMILES string of the molecule is COc1nn(C)c2nc(C)c(CCC(=O)NC3(c4ccc(Br)cc4)CC3)c(C)c12. The van der Waals surface area contributed by atoms with Crippen LogP contribution in [0.4, 0.5) is 0 Å². The van der Waals surface area contributed by atoms with Crippen molar-refractivity contribution in [2.75, 3.05) is 7.11 Å². The second-order valence-corrected chi connectivity index (χ2v) is 8.69. The van der Waals surface area contributed by atoms with Gasteiger partial charge in [-0.25, -0.2) is 9.67 Å². The van der Waals surface area contributed by atoms with E-state index in [9.17, 15) is 4.79 Å². The molecule has 0 radical (unpaired) electrons. The first kappa shape index (κ1) is 19.9. The van der Waals surface area contributed by atoms with Crippen LogP contribution in [0.3, 0.4) is 0 Å². The molecule has 1 fully saturated rings.